The van der Waals surface area contributed by atoms with Gasteiger partial charge in [-0.1, -0.05) is 0 Å². The number of amides is 2. The van der Waals surface area contributed by atoms with Crippen molar-refractivity contribution in [1.82, 2.24) is 10.6 Å². The lowest BCUT2D eigenvalue weighted by molar-refractivity contribution is 0.0883. The van der Waals surface area contributed by atoms with Gasteiger partial charge in [0.1, 0.15) is 22.0 Å². The fraction of sp³-hybridized carbons (Fsp3) is 0.444. The molecule has 2 atom stereocenters. The van der Waals surface area contributed by atoms with Gasteiger partial charge in [0.15, 0.2) is 11.5 Å². The van der Waals surface area contributed by atoms with E-state index in [0.717, 1.165) is 6.07 Å². The van der Waals surface area contributed by atoms with E-state index in [1.807, 2.05) is 0 Å². The third-order valence-corrected chi connectivity index (χ3v) is 5.95. The highest BCUT2D eigenvalue weighted by Gasteiger charge is 2.32. The molecular formula is C18H21F2N3O6S. The summed E-state index contributed by atoms with van der Waals surface area (Å²) in [7, 11) is -4.16. The molecule has 2 aromatic heterocycles. The molecule has 1 aliphatic carbocycles. The number of carbonyl (C=O) groups excluding carboxylic acids is 2. The molecule has 0 spiro atoms. The van der Waals surface area contributed by atoms with Crippen molar-refractivity contribution >= 4 is 21.8 Å². The number of nitrogens with two attached hydrogens (primary N) is 1. The number of primary sulfonamides is 1. The number of nitrogens with one attached hydrogen (secondary N) is 2. The first-order valence-corrected chi connectivity index (χ1v) is 10.6. The summed E-state index contributed by atoms with van der Waals surface area (Å²) in [5.41, 5.74) is -0.141. The SMILES string of the molecule is Cc1oc(C)c(S(N)(=O)=O)c1C(=O)N[C@@H]1CC[C@H](NC(=O)c2ccc(C(F)F)o2)C1. The summed E-state index contributed by atoms with van der Waals surface area (Å²) in [6, 6.07) is 1.56. The smallest absolute Gasteiger partial charge is 0.295 e. The molecular weight excluding hydrogens is 424 g/mol. The summed E-state index contributed by atoms with van der Waals surface area (Å²) in [5.74, 6) is -1.93. The highest BCUT2D eigenvalue weighted by molar-refractivity contribution is 7.89. The fourth-order valence-electron chi connectivity index (χ4n) is 3.62. The first-order valence-electron chi connectivity index (χ1n) is 9.09. The molecule has 164 valence electrons. The third-order valence-electron chi connectivity index (χ3n) is 4.89. The van der Waals surface area contributed by atoms with Gasteiger partial charge < -0.3 is 19.5 Å². The Labute approximate surface area is 171 Å². The zero-order chi connectivity index (χ0) is 22.2. The van der Waals surface area contributed by atoms with Crippen molar-refractivity contribution in [2.24, 2.45) is 5.14 Å². The second kappa shape index (κ2) is 8.19. The van der Waals surface area contributed by atoms with Gasteiger partial charge in [-0.05, 0) is 45.2 Å². The average Bonchev–Trinajstić information content (AvgIpc) is 3.33. The van der Waals surface area contributed by atoms with Crippen LogP contribution in [0.2, 0.25) is 0 Å². The van der Waals surface area contributed by atoms with Gasteiger partial charge in [-0.2, -0.15) is 0 Å². The molecule has 2 heterocycles. The van der Waals surface area contributed by atoms with E-state index in [4.69, 9.17) is 14.0 Å². The van der Waals surface area contributed by atoms with Gasteiger partial charge in [0.2, 0.25) is 10.0 Å². The van der Waals surface area contributed by atoms with Crippen LogP contribution in [-0.4, -0.2) is 32.3 Å². The van der Waals surface area contributed by atoms with Gasteiger partial charge in [0.05, 0.1) is 0 Å². The Morgan fingerprint density at radius 3 is 2.20 bits per heavy atom. The van der Waals surface area contributed by atoms with Crippen LogP contribution >= 0.6 is 0 Å². The lowest BCUT2D eigenvalue weighted by atomic mass is 10.2. The molecule has 0 bridgehead atoms. The molecule has 0 unspecified atom stereocenters. The van der Waals surface area contributed by atoms with Gasteiger partial charge in [0.25, 0.3) is 18.2 Å². The van der Waals surface area contributed by atoms with Gasteiger partial charge in [-0.25, -0.2) is 22.3 Å². The van der Waals surface area contributed by atoms with Crippen LogP contribution in [0, 0.1) is 13.8 Å². The molecule has 12 heteroatoms. The lowest BCUT2D eigenvalue weighted by Crippen LogP contribution is -2.37. The van der Waals surface area contributed by atoms with E-state index in [1.54, 1.807) is 0 Å². The first-order chi connectivity index (χ1) is 14.0. The molecule has 0 radical (unpaired) electrons. The normalized spacial score (nSPS) is 19.3. The van der Waals surface area contributed by atoms with Gasteiger partial charge in [-0.15, -0.1) is 0 Å². The van der Waals surface area contributed by atoms with E-state index >= 15 is 0 Å². The van der Waals surface area contributed by atoms with Crippen LogP contribution in [-0.2, 0) is 10.0 Å². The maximum atomic E-state index is 12.7. The Bertz CT molecular complexity index is 1080. The van der Waals surface area contributed by atoms with Crippen LogP contribution in [0.4, 0.5) is 8.78 Å². The largest absolute Gasteiger partial charge is 0.464 e. The van der Waals surface area contributed by atoms with Crippen LogP contribution in [0.1, 0.15) is 63.9 Å². The van der Waals surface area contributed by atoms with Crippen LogP contribution in [0.3, 0.4) is 0 Å². The van der Waals surface area contributed by atoms with Crippen molar-refractivity contribution in [2.45, 2.75) is 56.5 Å². The Morgan fingerprint density at radius 2 is 1.67 bits per heavy atom. The molecule has 2 amide bonds. The maximum Gasteiger partial charge on any atom is 0.295 e. The van der Waals surface area contributed by atoms with Crippen molar-refractivity contribution in [3.05, 3.63) is 40.7 Å². The van der Waals surface area contributed by atoms with Crippen LogP contribution in [0.15, 0.2) is 25.9 Å². The molecule has 1 fully saturated rings. The number of aryl methyl sites for hydroxylation is 2. The Balaban J connectivity index is 1.63. The maximum absolute atomic E-state index is 12.7. The summed E-state index contributed by atoms with van der Waals surface area (Å²) in [5, 5.41) is 10.6. The first kappa shape index (κ1) is 22.0. The van der Waals surface area contributed by atoms with E-state index < -0.39 is 34.0 Å². The minimum absolute atomic E-state index is 0.0262. The van der Waals surface area contributed by atoms with E-state index in [9.17, 15) is 26.8 Å². The standard InChI is InChI=1S/C18H21F2N3O6S/c1-8-14(15(9(2)28-8)30(21,26)27)18(25)23-11-4-3-10(7-11)22-17(24)13-6-5-12(29-13)16(19)20/h5-6,10-11,16H,3-4,7H2,1-2H3,(H,22,24)(H,23,25)(H2,21,26,27)/t10-,11+/m0/s1. The number of rotatable bonds is 6. The topological polar surface area (TPSA) is 145 Å². The summed E-state index contributed by atoms with van der Waals surface area (Å²) < 4.78 is 58.9. The Morgan fingerprint density at radius 1 is 1.07 bits per heavy atom. The van der Waals surface area contributed by atoms with Gasteiger partial charge >= 0.3 is 0 Å². The number of hydrogen-bond acceptors (Lipinski definition) is 6. The highest BCUT2D eigenvalue weighted by Crippen LogP contribution is 2.27. The van der Waals surface area contributed by atoms with Crippen molar-refractivity contribution in [3.8, 4) is 0 Å². The number of carbonyl (C=O) groups is 2. The van der Waals surface area contributed by atoms with Crippen molar-refractivity contribution in [1.29, 1.82) is 0 Å². The van der Waals surface area contributed by atoms with Crippen LogP contribution < -0.4 is 15.8 Å². The molecule has 9 nitrogen and oxygen atoms in total. The van der Waals surface area contributed by atoms with E-state index in [2.05, 4.69) is 10.6 Å². The fourth-order valence-corrected chi connectivity index (χ4v) is 4.58. The van der Waals surface area contributed by atoms with E-state index in [-0.39, 0.29) is 39.8 Å². The monoisotopic (exact) mass is 445 g/mol. The van der Waals surface area contributed by atoms with Crippen LogP contribution in [0.5, 0.6) is 0 Å². The zero-order valence-electron chi connectivity index (χ0n) is 16.2. The Hall–Kier alpha value is -2.73. The predicted octanol–water partition coefficient (Wildman–Crippen LogP) is 2.16. The van der Waals surface area contributed by atoms with Crippen molar-refractivity contribution in [2.75, 3.05) is 0 Å². The summed E-state index contributed by atoms with van der Waals surface area (Å²) in [6.07, 6.45) is -1.38. The minimum Gasteiger partial charge on any atom is -0.464 e. The summed E-state index contributed by atoms with van der Waals surface area (Å²) >= 11 is 0. The van der Waals surface area contributed by atoms with E-state index in [0.29, 0.717) is 19.3 Å². The quantitative estimate of drug-likeness (QED) is 0.621. The number of furan rings is 2. The molecule has 3 rings (SSSR count). The number of sulfonamides is 1. The van der Waals surface area contributed by atoms with E-state index in [1.165, 1.54) is 19.9 Å². The molecule has 2 aromatic rings. The lowest BCUT2D eigenvalue weighted by Gasteiger charge is -2.14. The second-order valence-electron chi connectivity index (χ2n) is 7.12. The molecule has 4 N–H and O–H groups in total. The number of hydrogen-bond donors (Lipinski definition) is 3. The van der Waals surface area contributed by atoms with Crippen molar-refractivity contribution < 1.29 is 35.6 Å². The molecule has 1 saturated carbocycles. The zero-order valence-corrected chi connectivity index (χ0v) is 17.0. The second-order valence-corrected chi connectivity index (χ2v) is 8.62. The third kappa shape index (κ3) is 4.54. The minimum atomic E-state index is -4.16. The molecule has 1 aliphatic rings. The average molecular weight is 445 g/mol. The predicted molar refractivity (Wildman–Crippen MR) is 99.6 cm³/mol. The van der Waals surface area contributed by atoms with Gasteiger partial charge in [0, 0.05) is 12.1 Å². The Kier molecular flexibility index (Phi) is 5.99. The van der Waals surface area contributed by atoms with Crippen LogP contribution in [0.25, 0.3) is 0 Å². The number of alkyl halides is 2. The number of halogens is 2. The highest BCUT2D eigenvalue weighted by atomic mass is 32.2. The molecule has 30 heavy (non-hydrogen) atoms. The summed E-state index contributed by atoms with van der Waals surface area (Å²) in [4.78, 5) is 24.5. The summed E-state index contributed by atoms with van der Waals surface area (Å²) in [6.45, 7) is 2.87. The molecule has 0 saturated heterocycles. The van der Waals surface area contributed by atoms with Crippen molar-refractivity contribution in [3.63, 3.8) is 0 Å². The van der Waals surface area contributed by atoms with Gasteiger partial charge in [-0.3, -0.25) is 9.59 Å². The molecule has 0 aliphatic heterocycles. The molecule has 0 aromatic carbocycles.